The molecular weight excluding hydrogens is 210 g/mol. The van der Waals surface area contributed by atoms with E-state index >= 15 is 0 Å². The number of ether oxygens (including phenoxy) is 3. The Hall–Kier alpha value is -0.240. The van der Waals surface area contributed by atoms with Crippen LogP contribution in [0.1, 0.15) is 19.8 Å². The van der Waals surface area contributed by atoms with E-state index in [2.05, 4.69) is 11.0 Å². The van der Waals surface area contributed by atoms with Crippen molar-refractivity contribution in [3.63, 3.8) is 0 Å². The zero-order chi connectivity index (χ0) is 12.0. The number of hydrazine groups is 2. The number of rotatable bonds is 6. The number of nitrogens with zero attached hydrogens (tertiary/aromatic N) is 1. The minimum absolute atomic E-state index is 0.158. The van der Waals surface area contributed by atoms with Crippen molar-refractivity contribution in [1.82, 2.24) is 16.0 Å². The lowest BCUT2D eigenvalue weighted by molar-refractivity contribution is -0.358. The van der Waals surface area contributed by atoms with Crippen LogP contribution in [-0.4, -0.2) is 51.4 Å². The van der Waals surface area contributed by atoms with E-state index in [9.17, 15) is 0 Å². The van der Waals surface area contributed by atoms with Crippen LogP contribution in [0.15, 0.2) is 0 Å². The van der Waals surface area contributed by atoms with Crippen LogP contribution in [0.25, 0.3) is 0 Å². The van der Waals surface area contributed by atoms with Gasteiger partial charge in [-0.15, -0.1) is 0 Å². The van der Waals surface area contributed by atoms with Gasteiger partial charge in [0.05, 0.1) is 0 Å². The first-order chi connectivity index (χ1) is 7.75. The van der Waals surface area contributed by atoms with Crippen molar-refractivity contribution < 1.29 is 14.2 Å². The van der Waals surface area contributed by atoms with E-state index in [1.165, 1.54) is 0 Å². The zero-order valence-corrected chi connectivity index (χ0v) is 10.6. The molecule has 0 saturated carbocycles. The van der Waals surface area contributed by atoms with Gasteiger partial charge in [0.1, 0.15) is 6.10 Å². The van der Waals surface area contributed by atoms with Gasteiger partial charge in [-0.1, -0.05) is 6.92 Å². The molecule has 0 aromatic carbocycles. The number of hydrogen-bond donors (Lipinski definition) is 2. The quantitative estimate of drug-likeness (QED) is 0.633. The molecule has 1 saturated heterocycles. The summed E-state index contributed by atoms with van der Waals surface area (Å²) >= 11 is 0. The molecule has 1 unspecified atom stereocenters. The summed E-state index contributed by atoms with van der Waals surface area (Å²) in [6, 6.07) is 0. The van der Waals surface area contributed by atoms with E-state index in [0.717, 1.165) is 25.9 Å². The minimum atomic E-state index is -0.892. The fraction of sp³-hybridized carbons (Fsp3) is 1.00. The molecule has 0 spiro atoms. The molecule has 6 heteroatoms. The fourth-order valence-corrected chi connectivity index (χ4v) is 2.08. The largest absolute Gasteiger partial charge is 0.374 e. The average Bonchev–Trinajstić information content (AvgIpc) is 2.37. The highest BCUT2D eigenvalue weighted by Gasteiger charge is 2.45. The Bertz CT molecular complexity index is 190. The van der Waals surface area contributed by atoms with Crippen molar-refractivity contribution in [1.29, 1.82) is 0 Å². The Labute approximate surface area is 97.2 Å². The van der Waals surface area contributed by atoms with E-state index in [-0.39, 0.29) is 6.10 Å². The third kappa shape index (κ3) is 2.53. The summed E-state index contributed by atoms with van der Waals surface area (Å²) in [4.78, 5) is 0. The first-order valence-electron chi connectivity index (χ1n) is 5.64. The van der Waals surface area contributed by atoms with Gasteiger partial charge in [0.2, 0.25) is 0 Å². The van der Waals surface area contributed by atoms with Gasteiger partial charge in [0.15, 0.2) is 0 Å². The van der Waals surface area contributed by atoms with E-state index < -0.39 is 5.91 Å². The molecule has 0 radical (unpaired) electrons. The Kier molecular flexibility index (Phi) is 5.60. The number of hydrogen-bond acceptors (Lipinski definition) is 6. The zero-order valence-electron chi connectivity index (χ0n) is 10.6. The van der Waals surface area contributed by atoms with Gasteiger partial charge in [-0.2, -0.15) is 10.5 Å². The first-order valence-corrected chi connectivity index (χ1v) is 5.64. The highest BCUT2D eigenvalue weighted by Crippen LogP contribution is 2.25. The summed E-state index contributed by atoms with van der Waals surface area (Å²) < 4.78 is 16.5. The van der Waals surface area contributed by atoms with Crippen molar-refractivity contribution in [2.75, 3.05) is 34.4 Å². The molecule has 1 heterocycles. The molecule has 0 amide bonds. The lowest BCUT2D eigenvalue weighted by Gasteiger charge is -2.46. The summed E-state index contributed by atoms with van der Waals surface area (Å²) in [5.41, 5.74) is 6.14. The molecule has 0 aliphatic carbocycles. The average molecular weight is 233 g/mol. The normalized spacial score (nSPS) is 21.0. The van der Waals surface area contributed by atoms with Gasteiger partial charge in [-0.3, -0.25) is 0 Å². The molecule has 0 aromatic rings. The van der Waals surface area contributed by atoms with Crippen molar-refractivity contribution >= 4 is 0 Å². The van der Waals surface area contributed by atoms with E-state index in [1.54, 1.807) is 21.3 Å². The standard InChI is InChI=1S/C10H23N3O3/c1-5-9(14-2)10(15-3,16-4)13-8-6-7-11-12-13/h9,11-12H,5-8H2,1-4H3. The summed E-state index contributed by atoms with van der Waals surface area (Å²) in [5.74, 6) is -0.892. The summed E-state index contributed by atoms with van der Waals surface area (Å²) in [7, 11) is 4.92. The maximum absolute atomic E-state index is 5.55. The third-order valence-corrected chi connectivity index (χ3v) is 2.92. The summed E-state index contributed by atoms with van der Waals surface area (Å²) in [6.45, 7) is 3.82. The predicted octanol–water partition coefficient (Wildman–Crippen LogP) is 0.0729. The second-order valence-corrected chi connectivity index (χ2v) is 3.72. The molecule has 2 N–H and O–H groups in total. The van der Waals surface area contributed by atoms with E-state index in [4.69, 9.17) is 14.2 Å². The van der Waals surface area contributed by atoms with Gasteiger partial charge in [-0.05, 0) is 12.8 Å². The van der Waals surface area contributed by atoms with Crippen LogP contribution in [0.5, 0.6) is 0 Å². The summed E-state index contributed by atoms with van der Waals surface area (Å²) in [6.07, 6.45) is 1.67. The third-order valence-electron chi connectivity index (χ3n) is 2.92. The van der Waals surface area contributed by atoms with Gasteiger partial charge in [0.25, 0.3) is 5.91 Å². The smallest absolute Gasteiger partial charge is 0.271 e. The SMILES string of the molecule is CCC(OC)C(OC)(OC)N1CCCNN1. The fourth-order valence-electron chi connectivity index (χ4n) is 2.08. The Morgan fingerprint density at radius 2 is 2.00 bits per heavy atom. The molecule has 1 fully saturated rings. The second kappa shape index (κ2) is 6.48. The highest BCUT2D eigenvalue weighted by molar-refractivity contribution is 4.79. The molecule has 1 rings (SSSR count). The van der Waals surface area contributed by atoms with E-state index in [1.807, 2.05) is 11.9 Å². The number of nitrogens with one attached hydrogen (secondary N) is 2. The van der Waals surface area contributed by atoms with Crippen LogP contribution >= 0.6 is 0 Å². The summed E-state index contributed by atoms with van der Waals surface area (Å²) in [5, 5.41) is 1.90. The van der Waals surface area contributed by atoms with Crippen LogP contribution < -0.4 is 11.0 Å². The topological polar surface area (TPSA) is 55.0 Å². The van der Waals surface area contributed by atoms with Crippen LogP contribution in [-0.2, 0) is 14.2 Å². The lowest BCUT2D eigenvalue weighted by atomic mass is 10.2. The van der Waals surface area contributed by atoms with Crippen LogP contribution in [0.4, 0.5) is 0 Å². The predicted molar refractivity (Wildman–Crippen MR) is 60.3 cm³/mol. The molecule has 1 atom stereocenters. The molecule has 0 bridgehead atoms. The first kappa shape index (κ1) is 13.8. The maximum Gasteiger partial charge on any atom is 0.271 e. The monoisotopic (exact) mass is 233 g/mol. The molecule has 6 nitrogen and oxygen atoms in total. The van der Waals surface area contributed by atoms with E-state index in [0.29, 0.717) is 0 Å². The molecular formula is C10H23N3O3. The van der Waals surface area contributed by atoms with Crippen LogP contribution in [0.2, 0.25) is 0 Å². The van der Waals surface area contributed by atoms with Crippen molar-refractivity contribution in [3.05, 3.63) is 0 Å². The molecule has 1 aliphatic heterocycles. The van der Waals surface area contributed by atoms with Gasteiger partial charge < -0.3 is 14.2 Å². The molecule has 1 aliphatic rings. The van der Waals surface area contributed by atoms with Gasteiger partial charge in [0, 0.05) is 34.4 Å². The Morgan fingerprint density at radius 1 is 1.31 bits per heavy atom. The second-order valence-electron chi connectivity index (χ2n) is 3.72. The Morgan fingerprint density at radius 3 is 2.38 bits per heavy atom. The van der Waals surface area contributed by atoms with Crippen LogP contribution in [0, 0.1) is 0 Å². The van der Waals surface area contributed by atoms with Gasteiger partial charge >= 0.3 is 0 Å². The molecule has 16 heavy (non-hydrogen) atoms. The maximum atomic E-state index is 5.55. The van der Waals surface area contributed by atoms with Gasteiger partial charge in [-0.25, -0.2) is 5.43 Å². The molecule has 96 valence electrons. The van der Waals surface area contributed by atoms with Crippen LogP contribution in [0.3, 0.4) is 0 Å². The molecule has 0 aromatic heterocycles. The van der Waals surface area contributed by atoms with Crippen molar-refractivity contribution in [2.24, 2.45) is 0 Å². The minimum Gasteiger partial charge on any atom is -0.374 e. The Balaban J connectivity index is 2.83. The van der Waals surface area contributed by atoms with Crippen molar-refractivity contribution in [2.45, 2.75) is 31.8 Å². The highest BCUT2D eigenvalue weighted by atomic mass is 16.7. The lowest BCUT2D eigenvalue weighted by Crippen LogP contribution is -2.69. The van der Waals surface area contributed by atoms with Crippen molar-refractivity contribution in [3.8, 4) is 0 Å². The number of methoxy groups -OCH3 is 3.